The molecule has 1 heterocycles. The van der Waals surface area contributed by atoms with Crippen molar-refractivity contribution in [3.63, 3.8) is 0 Å². The third-order valence-electron chi connectivity index (χ3n) is 1.64. The number of halogens is 4. The first kappa shape index (κ1) is 13.4. The summed E-state index contributed by atoms with van der Waals surface area (Å²) in [5.74, 6) is -6.56. The van der Waals surface area contributed by atoms with Gasteiger partial charge in [-0.1, -0.05) is 18.9 Å². The molecule has 0 bridgehead atoms. The second-order valence-corrected chi connectivity index (χ2v) is 2.49. The Bertz CT molecular complexity index is 459. The molecule has 1 rings (SSSR count). The highest BCUT2D eigenvalue weighted by Crippen LogP contribution is 2.29. The average molecular weight is 276 g/mol. The first-order valence-electron chi connectivity index (χ1n) is 3.57. The van der Waals surface area contributed by atoms with Crippen LogP contribution in [0.5, 0.6) is 0 Å². The van der Waals surface area contributed by atoms with E-state index in [4.69, 9.17) is 0 Å². The van der Waals surface area contributed by atoms with Crippen molar-refractivity contribution in [3.8, 4) is 0 Å². The Morgan fingerprint density at radius 1 is 1.17 bits per heavy atom. The number of hydrogen-bond donors (Lipinski definition) is 0. The van der Waals surface area contributed by atoms with Gasteiger partial charge in [0.25, 0.3) is 0 Å². The minimum Gasteiger partial charge on any atom is -0.257 e. The lowest BCUT2D eigenvalue weighted by molar-refractivity contribution is -0.864. The zero-order valence-electron chi connectivity index (χ0n) is 7.72. The first-order valence-corrected chi connectivity index (χ1v) is 3.57. The van der Waals surface area contributed by atoms with E-state index >= 15 is 0 Å². The SMILES string of the molecule is O=[N+]([O-])C(c1nnnn1N(F)F)(N(F)F)[N+](=O)[O-]. The maximum Gasteiger partial charge on any atom is 0.640 e. The Labute approximate surface area is 92.0 Å². The molecule has 0 spiro atoms. The van der Waals surface area contributed by atoms with Gasteiger partial charge in [-0.3, -0.25) is 20.2 Å². The van der Waals surface area contributed by atoms with Crippen molar-refractivity contribution in [2.45, 2.75) is 5.79 Å². The summed E-state index contributed by atoms with van der Waals surface area (Å²) >= 11 is 0. The summed E-state index contributed by atoms with van der Waals surface area (Å²) in [5.41, 5.74) is -2.04. The van der Waals surface area contributed by atoms with E-state index in [1.807, 2.05) is 0 Å². The number of nitro groups is 2. The molecule has 1 aromatic rings. The fraction of sp³-hybridized carbons (Fsp3) is 0.500. The predicted octanol–water partition coefficient (Wildman–Crippen LogP) is -0.885. The summed E-state index contributed by atoms with van der Waals surface area (Å²) in [6, 6.07) is 0. The molecule has 16 heteroatoms. The highest BCUT2D eigenvalue weighted by molar-refractivity contribution is 4.91. The lowest BCUT2D eigenvalue weighted by atomic mass is 10.3. The van der Waals surface area contributed by atoms with Crippen LogP contribution in [0.15, 0.2) is 0 Å². The molecule has 0 saturated carbocycles. The van der Waals surface area contributed by atoms with Crippen molar-refractivity contribution in [1.29, 1.82) is 0 Å². The van der Waals surface area contributed by atoms with Gasteiger partial charge in [0.05, 0.1) is 5.45 Å². The zero-order valence-corrected chi connectivity index (χ0v) is 7.72. The van der Waals surface area contributed by atoms with Crippen LogP contribution in [0.4, 0.5) is 17.9 Å². The van der Waals surface area contributed by atoms with Crippen LogP contribution in [-0.2, 0) is 5.79 Å². The summed E-state index contributed by atoms with van der Waals surface area (Å²) in [7, 11) is 0. The fourth-order valence-corrected chi connectivity index (χ4v) is 0.915. The van der Waals surface area contributed by atoms with E-state index < -0.39 is 37.0 Å². The molecule has 12 nitrogen and oxygen atoms in total. The summed E-state index contributed by atoms with van der Waals surface area (Å²) in [5, 5.41) is 25.7. The van der Waals surface area contributed by atoms with E-state index in [-0.39, 0.29) is 0 Å². The molecule has 0 saturated heterocycles. The van der Waals surface area contributed by atoms with Gasteiger partial charge >= 0.3 is 11.6 Å². The smallest absolute Gasteiger partial charge is 0.257 e. The maximum atomic E-state index is 12.4. The average Bonchev–Trinajstić information content (AvgIpc) is 2.65. The van der Waals surface area contributed by atoms with Crippen molar-refractivity contribution in [3.05, 3.63) is 26.1 Å². The molecule has 1 aromatic heterocycles. The molecule has 0 atom stereocenters. The van der Waals surface area contributed by atoms with E-state index in [0.717, 1.165) is 0 Å². The third kappa shape index (κ3) is 1.63. The molecule has 0 unspecified atom stereocenters. The van der Waals surface area contributed by atoms with Crippen LogP contribution in [-0.4, -0.2) is 35.5 Å². The number of aromatic nitrogens is 4. The molecular weight excluding hydrogens is 276 g/mol. The summed E-state index contributed by atoms with van der Waals surface area (Å²) in [6.45, 7) is 0. The maximum absolute atomic E-state index is 12.4. The van der Waals surface area contributed by atoms with Gasteiger partial charge in [0, 0.05) is 0 Å². The second kappa shape index (κ2) is 4.31. The lowest BCUT2D eigenvalue weighted by Crippen LogP contribution is -2.54. The van der Waals surface area contributed by atoms with Crippen LogP contribution < -0.4 is 5.45 Å². The largest absolute Gasteiger partial charge is 0.640 e. The minimum absolute atomic E-state index is 0.919. The second-order valence-electron chi connectivity index (χ2n) is 2.49. The summed E-state index contributed by atoms with van der Waals surface area (Å²) < 4.78 is 49.1. The highest BCUT2D eigenvalue weighted by atomic mass is 19.4. The molecule has 0 aliphatic carbocycles. The van der Waals surface area contributed by atoms with E-state index in [1.165, 1.54) is 0 Å². The van der Waals surface area contributed by atoms with Gasteiger partial charge in [-0.05, 0) is 19.4 Å². The van der Waals surface area contributed by atoms with Gasteiger partial charge in [0.15, 0.2) is 5.34 Å². The third-order valence-corrected chi connectivity index (χ3v) is 1.64. The Morgan fingerprint density at radius 2 is 1.67 bits per heavy atom. The van der Waals surface area contributed by atoms with E-state index in [0.29, 0.717) is 0 Å². The minimum atomic E-state index is -4.56. The van der Waals surface area contributed by atoms with Crippen molar-refractivity contribution in [1.82, 2.24) is 25.7 Å². The van der Waals surface area contributed by atoms with Crippen LogP contribution in [0, 0.1) is 20.2 Å². The topological polar surface area (TPSA) is 136 Å². The van der Waals surface area contributed by atoms with Crippen LogP contribution >= 0.6 is 0 Å². The van der Waals surface area contributed by atoms with E-state index in [9.17, 15) is 38.2 Å². The molecule has 0 N–H and O–H groups in total. The molecular formula is C2F4N8O4. The Morgan fingerprint density at radius 3 is 2.00 bits per heavy atom. The molecule has 0 radical (unpaired) electrons. The van der Waals surface area contributed by atoms with Gasteiger partial charge in [-0.15, -0.1) is 0 Å². The lowest BCUT2D eigenvalue weighted by Gasteiger charge is -2.14. The molecule has 0 aromatic carbocycles. The van der Waals surface area contributed by atoms with Crippen LogP contribution in [0.25, 0.3) is 0 Å². The molecule has 0 aliphatic rings. The van der Waals surface area contributed by atoms with Crippen LogP contribution in [0.3, 0.4) is 0 Å². The van der Waals surface area contributed by atoms with Crippen molar-refractivity contribution < 1.29 is 27.8 Å². The standard InChI is InChI=1S/C2F4N8O4/c3-11(4)2(12(15)16,13(17)18)1-7-8-9-10(1)14(5)6. The van der Waals surface area contributed by atoms with Crippen molar-refractivity contribution in [2.24, 2.45) is 0 Å². The number of rotatable bonds is 5. The monoisotopic (exact) mass is 276 g/mol. The van der Waals surface area contributed by atoms with E-state index in [2.05, 4.69) is 15.5 Å². The molecule has 0 fully saturated rings. The van der Waals surface area contributed by atoms with Gasteiger partial charge in [-0.25, -0.2) is 0 Å². The molecule has 100 valence electrons. The molecule has 0 amide bonds. The first-order chi connectivity index (χ1) is 8.26. The van der Waals surface area contributed by atoms with Crippen LogP contribution in [0.1, 0.15) is 5.82 Å². The van der Waals surface area contributed by atoms with Crippen molar-refractivity contribution in [2.75, 3.05) is 5.45 Å². The van der Waals surface area contributed by atoms with Gasteiger partial charge < -0.3 is 0 Å². The summed E-state index contributed by atoms with van der Waals surface area (Å²) in [6.07, 6.45) is 0. The fourth-order valence-electron chi connectivity index (χ4n) is 0.915. The number of hydrogen-bond acceptors (Lipinski definition) is 9. The van der Waals surface area contributed by atoms with Gasteiger partial charge in [0.2, 0.25) is 0 Å². The van der Waals surface area contributed by atoms with Crippen molar-refractivity contribution >= 4 is 0 Å². The number of nitrogens with zero attached hydrogens (tertiary/aromatic N) is 8. The quantitative estimate of drug-likeness (QED) is 0.220. The summed E-state index contributed by atoms with van der Waals surface area (Å²) in [4.78, 5) is 15.7. The predicted molar refractivity (Wildman–Crippen MR) is 38.0 cm³/mol. The Kier molecular flexibility index (Phi) is 3.21. The van der Waals surface area contributed by atoms with Crippen LogP contribution in [0.2, 0.25) is 0 Å². The molecule has 18 heavy (non-hydrogen) atoms. The Balaban J connectivity index is 3.58. The normalized spacial score (nSPS) is 11.6. The zero-order chi connectivity index (χ0) is 14.1. The molecule has 0 aliphatic heterocycles. The number of tetrazole rings is 1. The Hall–Kier alpha value is -2.65. The van der Waals surface area contributed by atoms with E-state index in [1.54, 1.807) is 0 Å². The highest BCUT2D eigenvalue weighted by Gasteiger charge is 2.73. The van der Waals surface area contributed by atoms with Gasteiger partial charge in [0.1, 0.15) is 9.85 Å². The van der Waals surface area contributed by atoms with Gasteiger partial charge in [-0.2, -0.15) is 0 Å².